The quantitative estimate of drug-likeness (QED) is 0.848. The summed E-state index contributed by atoms with van der Waals surface area (Å²) >= 11 is 0. The van der Waals surface area contributed by atoms with Gasteiger partial charge in [-0.1, -0.05) is 18.2 Å². The lowest BCUT2D eigenvalue weighted by molar-refractivity contribution is 0.174. The lowest BCUT2D eigenvalue weighted by atomic mass is 10.1. The van der Waals surface area contributed by atoms with Crippen LogP contribution in [0.2, 0.25) is 0 Å². The van der Waals surface area contributed by atoms with Crippen molar-refractivity contribution in [3.8, 4) is 11.5 Å². The lowest BCUT2D eigenvalue weighted by Crippen LogP contribution is -2.21. The van der Waals surface area contributed by atoms with Crippen LogP contribution in [-0.2, 0) is 13.1 Å². The number of fused-ring (bicyclic) bond motifs is 1. The highest BCUT2D eigenvalue weighted by atomic mass is 16.7. The van der Waals surface area contributed by atoms with Gasteiger partial charge in [-0.2, -0.15) is 0 Å². The van der Waals surface area contributed by atoms with Crippen LogP contribution >= 0.6 is 0 Å². The summed E-state index contributed by atoms with van der Waals surface area (Å²) in [4.78, 5) is 2.35. The zero-order chi connectivity index (χ0) is 16.1. The minimum atomic E-state index is 0.325. The average Bonchev–Trinajstić information content (AvgIpc) is 3.05. The second-order valence-electron chi connectivity index (χ2n) is 5.63. The van der Waals surface area contributed by atoms with Gasteiger partial charge in [0, 0.05) is 31.9 Å². The maximum Gasteiger partial charge on any atom is 0.231 e. The van der Waals surface area contributed by atoms with Crippen LogP contribution in [0.1, 0.15) is 25.0 Å². The Labute approximate surface area is 138 Å². The van der Waals surface area contributed by atoms with E-state index in [9.17, 15) is 0 Å². The summed E-state index contributed by atoms with van der Waals surface area (Å²) in [6, 6.07) is 14.9. The van der Waals surface area contributed by atoms with Crippen molar-refractivity contribution in [2.45, 2.75) is 26.9 Å². The van der Waals surface area contributed by atoms with Crippen LogP contribution in [0.4, 0.5) is 5.69 Å². The predicted octanol–water partition coefficient (Wildman–Crippen LogP) is 3.55. The van der Waals surface area contributed by atoms with Gasteiger partial charge >= 0.3 is 0 Å². The van der Waals surface area contributed by atoms with Crippen molar-refractivity contribution in [2.24, 2.45) is 0 Å². The summed E-state index contributed by atoms with van der Waals surface area (Å²) in [5, 5.41) is 3.48. The van der Waals surface area contributed by atoms with Gasteiger partial charge in [-0.05, 0) is 49.2 Å². The molecule has 0 spiro atoms. The highest BCUT2D eigenvalue weighted by molar-refractivity contribution is 5.47. The molecule has 4 nitrogen and oxygen atoms in total. The van der Waals surface area contributed by atoms with Gasteiger partial charge in [0.15, 0.2) is 11.5 Å². The maximum atomic E-state index is 5.41. The summed E-state index contributed by atoms with van der Waals surface area (Å²) in [6.45, 7) is 8.44. The van der Waals surface area contributed by atoms with Crippen LogP contribution in [0.5, 0.6) is 11.5 Å². The van der Waals surface area contributed by atoms with Crippen LogP contribution in [-0.4, -0.2) is 19.9 Å². The molecule has 0 saturated carbocycles. The first-order valence-electron chi connectivity index (χ1n) is 8.23. The van der Waals surface area contributed by atoms with Crippen molar-refractivity contribution >= 4 is 5.69 Å². The number of nitrogens with one attached hydrogen (secondary N) is 1. The monoisotopic (exact) mass is 312 g/mol. The molecule has 0 aromatic heterocycles. The molecule has 0 bridgehead atoms. The topological polar surface area (TPSA) is 33.7 Å². The fourth-order valence-electron chi connectivity index (χ4n) is 2.82. The summed E-state index contributed by atoms with van der Waals surface area (Å²) in [6.07, 6.45) is 0. The molecular weight excluding hydrogens is 288 g/mol. The van der Waals surface area contributed by atoms with Crippen molar-refractivity contribution in [3.05, 3.63) is 53.6 Å². The van der Waals surface area contributed by atoms with Crippen molar-refractivity contribution in [2.75, 3.05) is 24.8 Å². The maximum absolute atomic E-state index is 5.41. The Bertz CT molecular complexity index is 636. The summed E-state index contributed by atoms with van der Waals surface area (Å²) in [5.74, 6) is 1.67. The Morgan fingerprint density at radius 1 is 0.870 bits per heavy atom. The molecule has 0 fully saturated rings. The molecule has 0 saturated heterocycles. The molecule has 1 heterocycles. The van der Waals surface area contributed by atoms with E-state index in [4.69, 9.17) is 9.47 Å². The number of hydrogen-bond donors (Lipinski definition) is 1. The average molecular weight is 312 g/mol. The number of benzene rings is 2. The Balaban J connectivity index is 1.52. The molecule has 1 N–H and O–H groups in total. The van der Waals surface area contributed by atoms with E-state index in [1.54, 1.807) is 0 Å². The molecule has 2 aromatic carbocycles. The van der Waals surface area contributed by atoms with Gasteiger partial charge < -0.3 is 19.7 Å². The van der Waals surface area contributed by atoms with E-state index in [1.165, 1.54) is 16.8 Å². The minimum absolute atomic E-state index is 0.325. The second-order valence-corrected chi connectivity index (χ2v) is 5.63. The van der Waals surface area contributed by atoms with Gasteiger partial charge in [-0.15, -0.1) is 0 Å². The Hall–Kier alpha value is -2.20. The van der Waals surface area contributed by atoms with Crippen LogP contribution in [0.3, 0.4) is 0 Å². The first kappa shape index (κ1) is 15.7. The third-order valence-corrected chi connectivity index (χ3v) is 4.16. The summed E-state index contributed by atoms with van der Waals surface area (Å²) in [7, 11) is 0. The van der Waals surface area contributed by atoms with Crippen LogP contribution in [0.25, 0.3) is 0 Å². The number of nitrogens with zero attached hydrogens (tertiary/aromatic N) is 1. The molecule has 0 aliphatic carbocycles. The van der Waals surface area contributed by atoms with Crippen molar-refractivity contribution in [1.82, 2.24) is 5.32 Å². The van der Waals surface area contributed by atoms with E-state index in [1.807, 2.05) is 12.1 Å². The fraction of sp³-hybridized carbons (Fsp3) is 0.368. The molecule has 0 amide bonds. The smallest absolute Gasteiger partial charge is 0.231 e. The largest absolute Gasteiger partial charge is 0.454 e. The minimum Gasteiger partial charge on any atom is -0.454 e. The van der Waals surface area contributed by atoms with Crippen molar-refractivity contribution < 1.29 is 9.47 Å². The van der Waals surface area contributed by atoms with E-state index in [2.05, 4.69) is 54.4 Å². The SMILES string of the molecule is CCN(CC)c1ccc(CNCc2ccc3c(c2)OCO3)cc1. The first-order valence-corrected chi connectivity index (χ1v) is 8.23. The highest BCUT2D eigenvalue weighted by Crippen LogP contribution is 2.32. The molecule has 0 radical (unpaired) electrons. The zero-order valence-electron chi connectivity index (χ0n) is 13.8. The number of hydrogen-bond acceptors (Lipinski definition) is 4. The Kier molecular flexibility index (Phi) is 5.03. The molecule has 4 heteroatoms. The zero-order valence-corrected chi connectivity index (χ0v) is 13.8. The lowest BCUT2D eigenvalue weighted by Gasteiger charge is -2.21. The molecule has 3 rings (SSSR count). The molecule has 1 aliphatic heterocycles. The van der Waals surface area contributed by atoms with Gasteiger partial charge in [-0.3, -0.25) is 0 Å². The van der Waals surface area contributed by atoms with Gasteiger partial charge in [0.2, 0.25) is 6.79 Å². The van der Waals surface area contributed by atoms with Crippen molar-refractivity contribution in [3.63, 3.8) is 0 Å². The van der Waals surface area contributed by atoms with E-state index < -0.39 is 0 Å². The number of rotatable bonds is 7. The van der Waals surface area contributed by atoms with E-state index in [0.29, 0.717) is 6.79 Å². The third-order valence-electron chi connectivity index (χ3n) is 4.16. The van der Waals surface area contributed by atoms with Crippen LogP contribution < -0.4 is 19.7 Å². The normalized spacial score (nSPS) is 12.4. The number of ether oxygens (including phenoxy) is 2. The van der Waals surface area contributed by atoms with Gasteiger partial charge in [0.1, 0.15) is 0 Å². The van der Waals surface area contributed by atoms with Gasteiger partial charge in [0.05, 0.1) is 0 Å². The van der Waals surface area contributed by atoms with Gasteiger partial charge in [0.25, 0.3) is 0 Å². The van der Waals surface area contributed by atoms with Crippen LogP contribution in [0, 0.1) is 0 Å². The summed E-state index contributed by atoms with van der Waals surface area (Å²) < 4.78 is 10.7. The fourth-order valence-corrected chi connectivity index (χ4v) is 2.82. The van der Waals surface area contributed by atoms with Crippen molar-refractivity contribution in [1.29, 1.82) is 0 Å². The number of anilines is 1. The molecule has 2 aromatic rings. The first-order chi connectivity index (χ1) is 11.3. The molecule has 1 aliphatic rings. The molecular formula is C19H24N2O2. The van der Waals surface area contributed by atoms with E-state index in [-0.39, 0.29) is 0 Å². The standard InChI is InChI=1S/C19H24N2O2/c1-3-21(4-2)17-8-5-15(6-9-17)12-20-13-16-7-10-18-19(11-16)23-14-22-18/h5-11,20H,3-4,12-14H2,1-2H3. The third kappa shape index (κ3) is 3.77. The second kappa shape index (κ2) is 7.38. The van der Waals surface area contributed by atoms with E-state index >= 15 is 0 Å². The molecule has 0 atom stereocenters. The van der Waals surface area contributed by atoms with Gasteiger partial charge in [-0.25, -0.2) is 0 Å². The highest BCUT2D eigenvalue weighted by Gasteiger charge is 2.12. The Morgan fingerprint density at radius 3 is 2.26 bits per heavy atom. The summed E-state index contributed by atoms with van der Waals surface area (Å²) in [5.41, 5.74) is 3.78. The van der Waals surface area contributed by atoms with E-state index in [0.717, 1.165) is 37.7 Å². The van der Waals surface area contributed by atoms with Crippen LogP contribution in [0.15, 0.2) is 42.5 Å². The molecule has 23 heavy (non-hydrogen) atoms. The molecule has 122 valence electrons. The molecule has 0 unspecified atom stereocenters. The Morgan fingerprint density at radius 2 is 1.52 bits per heavy atom. The predicted molar refractivity (Wildman–Crippen MR) is 93.1 cm³/mol.